The van der Waals surface area contributed by atoms with Gasteiger partial charge in [0.1, 0.15) is 18.1 Å². The number of carbonyl (C=O) groups is 1. The van der Waals surface area contributed by atoms with Gasteiger partial charge >= 0.3 is 5.97 Å². The molecule has 0 aliphatic carbocycles. The Morgan fingerprint density at radius 2 is 1.64 bits per heavy atom. The summed E-state index contributed by atoms with van der Waals surface area (Å²) in [5.41, 5.74) is 3.85. The Kier molecular flexibility index (Phi) is 8.52. The smallest absolute Gasteiger partial charge is 0.338 e. The maximum absolute atomic E-state index is 14.2. The first-order chi connectivity index (χ1) is 21.6. The largest absolute Gasteiger partial charge is 0.497 e. The van der Waals surface area contributed by atoms with Gasteiger partial charge < -0.3 is 14.2 Å². The summed E-state index contributed by atoms with van der Waals surface area (Å²) in [6, 6.07) is 33.7. The van der Waals surface area contributed by atoms with Crippen LogP contribution in [0.25, 0.3) is 11.8 Å². The Hall–Kier alpha value is -5.21. The number of fused-ring (bicyclic) bond motifs is 1. The molecule has 5 aromatic rings. The van der Waals surface area contributed by atoms with Crippen molar-refractivity contribution in [1.29, 1.82) is 0 Å². The molecule has 0 unspecified atom stereocenters. The second-order valence-electron chi connectivity index (χ2n) is 10.1. The first kappa shape index (κ1) is 28.9. The zero-order valence-corrected chi connectivity index (χ0v) is 25.1. The number of thiazole rings is 1. The topological polar surface area (TPSA) is 79.1 Å². The molecule has 1 atom stereocenters. The van der Waals surface area contributed by atoms with E-state index in [0.717, 1.165) is 16.7 Å². The Labute approximate surface area is 258 Å². The van der Waals surface area contributed by atoms with Crippen molar-refractivity contribution >= 4 is 29.1 Å². The highest BCUT2D eigenvalue weighted by molar-refractivity contribution is 7.07. The number of carbonyl (C=O) groups excluding carboxylic acids is 1. The summed E-state index contributed by atoms with van der Waals surface area (Å²) in [5.74, 6) is 0.777. The van der Waals surface area contributed by atoms with Gasteiger partial charge in [-0.15, -0.1) is 0 Å². The van der Waals surface area contributed by atoms with Gasteiger partial charge in [-0.1, -0.05) is 96.3 Å². The van der Waals surface area contributed by atoms with E-state index in [9.17, 15) is 9.59 Å². The molecule has 1 aliphatic rings. The average Bonchev–Trinajstić information content (AvgIpc) is 3.38. The second-order valence-corrected chi connectivity index (χ2v) is 11.1. The third-order valence-corrected chi connectivity index (χ3v) is 8.17. The lowest BCUT2D eigenvalue weighted by Gasteiger charge is -2.26. The molecule has 0 spiro atoms. The Balaban J connectivity index is 1.50. The lowest BCUT2D eigenvalue weighted by atomic mass is 9.93. The van der Waals surface area contributed by atoms with E-state index < -0.39 is 12.0 Å². The van der Waals surface area contributed by atoms with Crippen molar-refractivity contribution in [2.24, 2.45) is 4.99 Å². The lowest BCUT2D eigenvalue weighted by Crippen LogP contribution is -2.40. The van der Waals surface area contributed by atoms with Crippen LogP contribution in [0.3, 0.4) is 0 Å². The molecule has 1 aliphatic heterocycles. The number of ether oxygens (including phenoxy) is 3. The van der Waals surface area contributed by atoms with Crippen LogP contribution in [-0.4, -0.2) is 24.3 Å². The van der Waals surface area contributed by atoms with Gasteiger partial charge in [-0.2, -0.15) is 0 Å². The van der Waals surface area contributed by atoms with Gasteiger partial charge in [0.15, 0.2) is 4.80 Å². The van der Waals surface area contributed by atoms with Gasteiger partial charge in [-0.05, 0) is 54.0 Å². The van der Waals surface area contributed by atoms with Crippen LogP contribution in [0.15, 0.2) is 125 Å². The highest BCUT2D eigenvalue weighted by Crippen LogP contribution is 2.36. The average molecular weight is 603 g/mol. The van der Waals surface area contributed by atoms with Gasteiger partial charge in [0, 0.05) is 5.56 Å². The van der Waals surface area contributed by atoms with E-state index in [1.807, 2.05) is 115 Å². The van der Waals surface area contributed by atoms with E-state index in [0.29, 0.717) is 44.3 Å². The van der Waals surface area contributed by atoms with E-state index in [1.54, 1.807) is 18.6 Å². The summed E-state index contributed by atoms with van der Waals surface area (Å²) in [4.78, 5) is 33.2. The number of nitrogens with zero attached hydrogens (tertiary/aromatic N) is 2. The zero-order chi connectivity index (χ0) is 30.5. The minimum Gasteiger partial charge on any atom is -0.497 e. The van der Waals surface area contributed by atoms with E-state index in [4.69, 9.17) is 19.2 Å². The third kappa shape index (κ3) is 5.98. The molecular weight excluding hydrogens is 572 g/mol. The van der Waals surface area contributed by atoms with Crippen molar-refractivity contribution in [3.05, 3.63) is 157 Å². The normalized spacial score (nSPS) is 14.5. The number of rotatable bonds is 9. The Bertz CT molecular complexity index is 2010. The van der Waals surface area contributed by atoms with E-state index in [2.05, 4.69) is 0 Å². The van der Waals surface area contributed by atoms with Gasteiger partial charge in [-0.3, -0.25) is 9.36 Å². The molecule has 0 saturated heterocycles. The second kappa shape index (κ2) is 13.0. The molecule has 0 amide bonds. The predicted molar refractivity (Wildman–Crippen MR) is 171 cm³/mol. The molecule has 8 heteroatoms. The first-order valence-electron chi connectivity index (χ1n) is 14.2. The van der Waals surface area contributed by atoms with Crippen LogP contribution >= 0.6 is 11.3 Å². The third-order valence-electron chi connectivity index (χ3n) is 7.19. The quantitative estimate of drug-likeness (QED) is 0.208. The molecule has 220 valence electrons. The van der Waals surface area contributed by atoms with Crippen LogP contribution < -0.4 is 24.4 Å². The fourth-order valence-corrected chi connectivity index (χ4v) is 6.15. The summed E-state index contributed by atoms with van der Waals surface area (Å²) in [6.45, 7) is 2.38. The maximum atomic E-state index is 14.2. The molecule has 0 N–H and O–H groups in total. The number of methoxy groups -OCH3 is 1. The van der Waals surface area contributed by atoms with Gasteiger partial charge in [0.2, 0.25) is 0 Å². The molecule has 0 saturated carbocycles. The first-order valence-corrected chi connectivity index (χ1v) is 15.1. The van der Waals surface area contributed by atoms with Crippen molar-refractivity contribution in [1.82, 2.24) is 4.57 Å². The number of hydrogen-bond acceptors (Lipinski definition) is 7. The highest BCUT2D eigenvalue weighted by Gasteiger charge is 2.35. The van der Waals surface area contributed by atoms with Crippen LogP contribution in [0.4, 0.5) is 0 Å². The molecule has 1 aromatic heterocycles. The van der Waals surface area contributed by atoms with Gasteiger partial charge in [0.05, 0.1) is 35.6 Å². The summed E-state index contributed by atoms with van der Waals surface area (Å²) in [7, 11) is 1.58. The van der Waals surface area contributed by atoms with Crippen molar-refractivity contribution in [2.75, 3.05) is 13.7 Å². The van der Waals surface area contributed by atoms with Crippen molar-refractivity contribution < 1.29 is 19.0 Å². The van der Waals surface area contributed by atoms with Crippen LogP contribution in [0, 0.1) is 0 Å². The molecule has 7 nitrogen and oxygen atoms in total. The minimum atomic E-state index is -0.779. The predicted octanol–water partition coefficient (Wildman–Crippen LogP) is 5.52. The molecule has 0 fully saturated rings. The molecule has 44 heavy (non-hydrogen) atoms. The van der Waals surface area contributed by atoms with Crippen molar-refractivity contribution in [3.8, 4) is 11.5 Å². The number of esters is 1. The zero-order valence-electron chi connectivity index (χ0n) is 24.3. The van der Waals surface area contributed by atoms with Gasteiger partial charge in [0.25, 0.3) is 5.56 Å². The molecule has 0 radical (unpaired) electrons. The van der Waals surface area contributed by atoms with E-state index >= 15 is 0 Å². The van der Waals surface area contributed by atoms with Crippen LogP contribution in [0.1, 0.15) is 35.2 Å². The molecule has 4 aromatic carbocycles. The molecular formula is C36H30N2O5S. The van der Waals surface area contributed by atoms with E-state index in [-0.39, 0.29) is 12.2 Å². The SMILES string of the molecule is CCOC(=O)C1=C(c2ccccc2)N=c2s/c(=C/c3cccc(OCc4ccccc4)c3)c(=O)n2[C@@H]1c1cccc(OC)c1. The molecule has 0 bridgehead atoms. The van der Waals surface area contributed by atoms with Crippen molar-refractivity contribution in [3.63, 3.8) is 0 Å². The maximum Gasteiger partial charge on any atom is 0.338 e. The Morgan fingerprint density at radius 3 is 2.39 bits per heavy atom. The van der Waals surface area contributed by atoms with Crippen molar-refractivity contribution in [2.45, 2.75) is 19.6 Å². The van der Waals surface area contributed by atoms with Gasteiger partial charge in [-0.25, -0.2) is 9.79 Å². The highest BCUT2D eigenvalue weighted by atomic mass is 32.1. The number of benzene rings is 4. The van der Waals surface area contributed by atoms with E-state index in [1.165, 1.54) is 11.3 Å². The summed E-state index contributed by atoms with van der Waals surface area (Å²) in [5, 5.41) is 0. The lowest BCUT2D eigenvalue weighted by molar-refractivity contribution is -0.138. The number of aromatic nitrogens is 1. The molecule has 2 heterocycles. The molecule has 6 rings (SSSR count). The van der Waals surface area contributed by atoms with Crippen LogP contribution in [0.5, 0.6) is 11.5 Å². The summed E-state index contributed by atoms with van der Waals surface area (Å²) >= 11 is 1.28. The summed E-state index contributed by atoms with van der Waals surface area (Å²) < 4.78 is 19.1. The standard InChI is InChI=1S/C36H30N2O5S/c1-3-42-35(40)31-32(26-15-8-5-9-16-26)37-36-38(33(31)27-17-11-18-28(22-27)41-2)34(39)30(44-36)21-25-14-10-19-29(20-25)43-23-24-12-6-4-7-13-24/h4-22,33H,3,23H2,1-2H3/b30-21+/t33-/m1/s1. The monoisotopic (exact) mass is 602 g/mol. The number of hydrogen-bond donors (Lipinski definition) is 0. The van der Waals surface area contributed by atoms with Crippen LogP contribution in [0.2, 0.25) is 0 Å². The fraction of sp³-hybridized carbons (Fsp3) is 0.139. The van der Waals surface area contributed by atoms with Crippen LogP contribution in [-0.2, 0) is 16.1 Å². The fourth-order valence-electron chi connectivity index (χ4n) is 5.15. The summed E-state index contributed by atoms with van der Waals surface area (Å²) in [6.07, 6.45) is 1.83. The minimum absolute atomic E-state index is 0.183. The Morgan fingerprint density at radius 1 is 0.909 bits per heavy atom.